The molecule has 0 saturated carbocycles. The number of hydrogen-bond acceptors (Lipinski definition) is 3. The van der Waals surface area contributed by atoms with Crippen LogP contribution in [0, 0.1) is 0 Å². The number of nitrogens with one attached hydrogen (secondary N) is 2. The second-order valence-corrected chi connectivity index (χ2v) is 5.19. The van der Waals surface area contributed by atoms with Crippen molar-refractivity contribution < 1.29 is 9.59 Å². The van der Waals surface area contributed by atoms with Crippen molar-refractivity contribution in [3.8, 4) is 0 Å². The van der Waals surface area contributed by atoms with Crippen LogP contribution in [-0.4, -0.2) is 17.9 Å². The zero-order valence-electron chi connectivity index (χ0n) is 10.6. The number of rotatable bonds is 4. The molecule has 2 amide bonds. The second kappa shape index (κ2) is 5.59. The number of anilines is 2. The van der Waals surface area contributed by atoms with Crippen LogP contribution < -0.4 is 16.4 Å². The van der Waals surface area contributed by atoms with E-state index in [2.05, 4.69) is 10.6 Å². The number of amides is 2. The van der Waals surface area contributed by atoms with Gasteiger partial charge < -0.3 is 16.4 Å². The lowest BCUT2D eigenvalue weighted by molar-refractivity contribution is -0.116. The van der Waals surface area contributed by atoms with Crippen LogP contribution in [-0.2, 0) is 16.0 Å². The number of fused-ring (bicyclic) bond motifs is 1. The third kappa shape index (κ3) is 3.45. The minimum atomic E-state index is -0.128. The molecule has 0 fully saturated rings. The molecule has 4 N–H and O–H groups in total. The van der Waals surface area contributed by atoms with E-state index in [1.165, 1.54) is 0 Å². The molecular formula is C13H16ClN3O2. The smallest absolute Gasteiger partial charge is 0.228 e. The number of carbonyl (C=O) groups is 2. The number of halogens is 1. The maximum absolute atomic E-state index is 11.7. The Hall–Kier alpha value is -1.59. The first-order valence-electron chi connectivity index (χ1n) is 6.13. The van der Waals surface area contributed by atoms with Crippen molar-refractivity contribution >= 4 is 34.8 Å². The molecule has 1 aromatic rings. The zero-order valence-corrected chi connectivity index (χ0v) is 11.4. The summed E-state index contributed by atoms with van der Waals surface area (Å²) in [5.41, 5.74) is 7.69. The largest absolute Gasteiger partial charge is 0.328 e. The molecule has 6 heteroatoms. The molecule has 1 atom stereocenters. The summed E-state index contributed by atoms with van der Waals surface area (Å²) in [6.07, 6.45) is 1.28. The van der Waals surface area contributed by atoms with Crippen LogP contribution in [0.2, 0.25) is 5.02 Å². The Morgan fingerprint density at radius 2 is 2.32 bits per heavy atom. The van der Waals surface area contributed by atoms with E-state index >= 15 is 0 Å². The Kier molecular flexibility index (Phi) is 4.07. The molecule has 1 aromatic carbocycles. The van der Waals surface area contributed by atoms with Gasteiger partial charge in [0.05, 0.1) is 17.1 Å². The fraction of sp³-hybridized carbons (Fsp3) is 0.385. The second-order valence-electron chi connectivity index (χ2n) is 4.78. The highest BCUT2D eigenvalue weighted by molar-refractivity contribution is 6.34. The summed E-state index contributed by atoms with van der Waals surface area (Å²) < 4.78 is 0. The van der Waals surface area contributed by atoms with E-state index in [0.717, 1.165) is 5.56 Å². The number of carbonyl (C=O) groups excluding carboxylic acids is 2. The molecule has 102 valence electrons. The van der Waals surface area contributed by atoms with Gasteiger partial charge in [0.2, 0.25) is 11.8 Å². The van der Waals surface area contributed by atoms with Crippen molar-refractivity contribution in [3.63, 3.8) is 0 Å². The molecule has 0 radical (unpaired) electrons. The Bertz CT molecular complexity index is 529. The third-order valence-corrected chi connectivity index (χ3v) is 3.23. The van der Waals surface area contributed by atoms with Gasteiger partial charge in [0.1, 0.15) is 0 Å². The van der Waals surface area contributed by atoms with Gasteiger partial charge in [-0.2, -0.15) is 0 Å². The van der Waals surface area contributed by atoms with Crippen LogP contribution >= 0.6 is 11.6 Å². The molecule has 0 saturated heterocycles. The molecule has 1 aliphatic rings. The first-order chi connectivity index (χ1) is 8.95. The van der Waals surface area contributed by atoms with Gasteiger partial charge in [0, 0.05) is 18.2 Å². The van der Waals surface area contributed by atoms with Gasteiger partial charge in [-0.3, -0.25) is 9.59 Å². The highest BCUT2D eigenvalue weighted by Gasteiger charge is 2.20. The number of hydrogen-bond donors (Lipinski definition) is 3. The van der Waals surface area contributed by atoms with Gasteiger partial charge in [-0.1, -0.05) is 11.6 Å². The van der Waals surface area contributed by atoms with Crippen molar-refractivity contribution in [1.82, 2.24) is 0 Å². The van der Waals surface area contributed by atoms with Gasteiger partial charge in [0.25, 0.3) is 0 Å². The predicted octanol–water partition coefficient (Wildman–Crippen LogP) is 1.90. The van der Waals surface area contributed by atoms with E-state index in [0.29, 0.717) is 35.7 Å². The summed E-state index contributed by atoms with van der Waals surface area (Å²) in [5.74, 6) is -0.192. The lowest BCUT2D eigenvalue weighted by atomic mass is 10.1. The monoisotopic (exact) mass is 281 g/mol. The van der Waals surface area contributed by atoms with Crippen molar-refractivity contribution in [2.24, 2.45) is 5.73 Å². The summed E-state index contributed by atoms with van der Waals surface area (Å²) in [6, 6.07) is 3.38. The van der Waals surface area contributed by atoms with Crippen LogP contribution in [0.4, 0.5) is 11.4 Å². The zero-order chi connectivity index (χ0) is 14.0. The summed E-state index contributed by atoms with van der Waals surface area (Å²) in [7, 11) is 0. The highest BCUT2D eigenvalue weighted by Crippen LogP contribution is 2.32. The van der Waals surface area contributed by atoms with E-state index in [4.69, 9.17) is 17.3 Å². The fourth-order valence-corrected chi connectivity index (χ4v) is 2.13. The summed E-state index contributed by atoms with van der Waals surface area (Å²) in [5, 5.41) is 5.86. The Morgan fingerprint density at radius 3 is 3.00 bits per heavy atom. The third-order valence-electron chi connectivity index (χ3n) is 2.92. The minimum Gasteiger partial charge on any atom is -0.328 e. The van der Waals surface area contributed by atoms with Crippen molar-refractivity contribution in [2.75, 3.05) is 10.6 Å². The lowest BCUT2D eigenvalue weighted by Crippen LogP contribution is -2.19. The average Bonchev–Trinajstić information content (AvgIpc) is 2.66. The molecule has 2 rings (SSSR count). The fourth-order valence-electron chi connectivity index (χ4n) is 1.92. The number of nitrogens with two attached hydrogens (primary N) is 1. The highest BCUT2D eigenvalue weighted by atomic mass is 35.5. The van der Waals surface area contributed by atoms with Crippen LogP contribution in [0.1, 0.15) is 25.3 Å². The van der Waals surface area contributed by atoms with E-state index in [1.807, 2.05) is 6.92 Å². The molecule has 1 aliphatic heterocycles. The van der Waals surface area contributed by atoms with Crippen LogP contribution in [0.3, 0.4) is 0 Å². The first-order valence-corrected chi connectivity index (χ1v) is 6.51. The average molecular weight is 282 g/mol. The van der Waals surface area contributed by atoms with E-state index in [-0.39, 0.29) is 17.9 Å². The van der Waals surface area contributed by atoms with Gasteiger partial charge in [-0.05, 0) is 31.0 Å². The number of benzene rings is 1. The van der Waals surface area contributed by atoms with E-state index in [1.54, 1.807) is 12.1 Å². The molecule has 19 heavy (non-hydrogen) atoms. The Morgan fingerprint density at radius 1 is 1.58 bits per heavy atom. The van der Waals surface area contributed by atoms with E-state index in [9.17, 15) is 9.59 Å². The molecule has 1 unspecified atom stereocenters. The molecule has 0 spiro atoms. The summed E-state index contributed by atoms with van der Waals surface area (Å²) in [6.45, 7) is 1.85. The Labute approximate surface area is 116 Å². The SMILES string of the molecule is CC(N)CCC(=O)Nc1cc2c(cc1Cl)NC(=O)C2. The molecular weight excluding hydrogens is 266 g/mol. The van der Waals surface area contributed by atoms with Crippen LogP contribution in [0.25, 0.3) is 0 Å². The standard InChI is InChI=1S/C13H16ClN3O2/c1-7(15)2-3-12(18)17-11-4-8-5-13(19)16-10(8)6-9(11)14/h4,6-7H,2-3,5,15H2,1H3,(H,16,19)(H,17,18). The van der Waals surface area contributed by atoms with Gasteiger partial charge in [0.15, 0.2) is 0 Å². The molecule has 0 bridgehead atoms. The van der Waals surface area contributed by atoms with Crippen molar-refractivity contribution in [3.05, 3.63) is 22.7 Å². The van der Waals surface area contributed by atoms with Crippen molar-refractivity contribution in [1.29, 1.82) is 0 Å². The predicted molar refractivity (Wildman–Crippen MR) is 75.3 cm³/mol. The van der Waals surface area contributed by atoms with Crippen molar-refractivity contribution in [2.45, 2.75) is 32.2 Å². The maximum atomic E-state index is 11.7. The van der Waals surface area contributed by atoms with Gasteiger partial charge in [-0.25, -0.2) is 0 Å². The first kappa shape index (κ1) is 13.8. The molecule has 0 aliphatic carbocycles. The van der Waals surface area contributed by atoms with Crippen LogP contribution in [0.15, 0.2) is 12.1 Å². The quantitative estimate of drug-likeness (QED) is 0.788. The van der Waals surface area contributed by atoms with Gasteiger partial charge >= 0.3 is 0 Å². The van der Waals surface area contributed by atoms with Crippen LogP contribution in [0.5, 0.6) is 0 Å². The lowest BCUT2D eigenvalue weighted by Gasteiger charge is -2.10. The maximum Gasteiger partial charge on any atom is 0.228 e. The van der Waals surface area contributed by atoms with Gasteiger partial charge in [-0.15, -0.1) is 0 Å². The minimum absolute atomic E-state index is 0.0111. The molecule has 5 nitrogen and oxygen atoms in total. The normalized spacial score (nSPS) is 14.8. The molecule has 0 aromatic heterocycles. The topological polar surface area (TPSA) is 84.2 Å². The van der Waals surface area contributed by atoms with E-state index < -0.39 is 0 Å². The molecule has 1 heterocycles. The Balaban J connectivity index is 2.07. The summed E-state index contributed by atoms with van der Waals surface area (Å²) in [4.78, 5) is 23.0. The summed E-state index contributed by atoms with van der Waals surface area (Å²) >= 11 is 6.07.